The van der Waals surface area contributed by atoms with Crippen LogP contribution in [0.4, 0.5) is 0 Å². The number of benzene rings is 2. The highest BCUT2D eigenvalue weighted by Crippen LogP contribution is 2.43. The Kier molecular flexibility index (Phi) is 4.23. The van der Waals surface area contributed by atoms with Gasteiger partial charge in [0.1, 0.15) is 5.58 Å². The van der Waals surface area contributed by atoms with E-state index in [1.807, 2.05) is 48.5 Å². The highest BCUT2D eigenvalue weighted by molar-refractivity contribution is 6.16. The van der Waals surface area contributed by atoms with Crippen molar-refractivity contribution in [1.29, 1.82) is 0 Å². The summed E-state index contributed by atoms with van der Waals surface area (Å²) in [4.78, 5) is 28.2. The Hall–Kier alpha value is -3.34. The summed E-state index contributed by atoms with van der Waals surface area (Å²) < 4.78 is 5.75. The largest absolute Gasteiger partial charge is 0.503 e. The lowest BCUT2D eigenvalue weighted by Gasteiger charge is -2.32. The summed E-state index contributed by atoms with van der Waals surface area (Å²) >= 11 is 0. The molecule has 5 rings (SSSR count). The van der Waals surface area contributed by atoms with Gasteiger partial charge in [-0.1, -0.05) is 61.4 Å². The van der Waals surface area contributed by atoms with E-state index in [-0.39, 0.29) is 17.4 Å². The molecule has 0 saturated heterocycles. The van der Waals surface area contributed by atoms with E-state index in [2.05, 4.69) is 0 Å². The fourth-order valence-corrected chi connectivity index (χ4v) is 4.60. The van der Waals surface area contributed by atoms with E-state index >= 15 is 0 Å². The number of carbonyl (C=O) groups excluding carboxylic acids is 2. The zero-order valence-corrected chi connectivity index (χ0v) is 15.9. The fourth-order valence-electron chi connectivity index (χ4n) is 4.60. The molecule has 0 spiro atoms. The number of hydrogen-bond acceptors (Lipinski definition) is 4. The second-order valence-corrected chi connectivity index (χ2v) is 7.70. The van der Waals surface area contributed by atoms with Gasteiger partial charge in [-0.3, -0.25) is 9.59 Å². The smallest absolute Gasteiger partial charge is 0.290 e. The standard InChI is InChI=1S/C24H21NO4/c26-22(19-14-16-10-4-7-13-18(16)29-19)20-21(15-8-2-1-3-9-15)25(24(28)23(20)27)17-11-5-6-12-17/h1-4,7-10,13-14,17,21,27H,5-6,11-12H2. The number of para-hydroxylation sites is 1. The third kappa shape index (κ3) is 2.85. The molecule has 1 unspecified atom stereocenters. The van der Waals surface area contributed by atoms with Gasteiger partial charge in [-0.25, -0.2) is 0 Å². The molecule has 0 bridgehead atoms. The molecule has 1 atom stereocenters. The minimum absolute atomic E-state index is 0.0239. The molecule has 1 N–H and O–H groups in total. The van der Waals surface area contributed by atoms with Crippen LogP contribution in [-0.2, 0) is 4.79 Å². The van der Waals surface area contributed by atoms with Gasteiger partial charge in [0.25, 0.3) is 5.91 Å². The molecule has 3 aromatic rings. The summed E-state index contributed by atoms with van der Waals surface area (Å²) in [7, 11) is 0. The number of Topliss-reactive ketones (excluding diaryl/α,β-unsaturated/α-hetero) is 1. The second kappa shape index (κ2) is 6.92. The van der Waals surface area contributed by atoms with E-state index in [0.29, 0.717) is 5.58 Å². The molecule has 2 aliphatic rings. The highest BCUT2D eigenvalue weighted by atomic mass is 16.3. The molecule has 5 nitrogen and oxygen atoms in total. The quantitative estimate of drug-likeness (QED) is 0.643. The van der Waals surface area contributed by atoms with E-state index in [1.54, 1.807) is 17.0 Å². The lowest BCUT2D eigenvalue weighted by molar-refractivity contribution is -0.131. The maximum Gasteiger partial charge on any atom is 0.290 e. The number of furan rings is 1. The lowest BCUT2D eigenvalue weighted by Crippen LogP contribution is -2.38. The van der Waals surface area contributed by atoms with Gasteiger partial charge in [0.2, 0.25) is 5.78 Å². The SMILES string of the molecule is O=C(C1=C(O)C(=O)N(C2CCCC2)C1c1ccccc1)c1cc2ccccc2o1. The zero-order valence-electron chi connectivity index (χ0n) is 15.9. The molecule has 146 valence electrons. The van der Waals surface area contributed by atoms with Gasteiger partial charge in [-0.15, -0.1) is 0 Å². The summed E-state index contributed by atoms with van der Waals surface area (Å²) in [6.45, 7) is 0. The van der Waals surface area contributed by atoms with Gasteiger partial charge < -0.3 is 14.4 Å². The lowest BCUT2D eigenvalue weighted by atomic mass is 9.94. The van der Waals surface area contributed by atoms with Crippen molar-refractivity contribution in [1.82, 2.24) is 4.90 Å². The van der Waals surface area contributed by atoms with Crippen LogP contribution in [0.25, 0.3) is 11.0 Å². The summed E-state index contributed by atoms with van der Waals surface area (Å²) in [6, 6.07) is 17.9. The van der Waals surface area contributed by atoms with Crippen molar-refractivity contribution >= 4 is 22.7 Å². The van der Waals surface area contributed by atoms with Crippen molar-refractivity contribution < 1.29 is 19.1 Å². The first-order valence-corrected chi connectivity index (χ1v) is 9.99. The Balaban J connectivity index is 1.62. The third-order valence-corrected chi connectivity index (χ3v) is 5.97. The maximum absolute atomic E-state index is 13.4. The topological polar surface area (TPSA) is 70.8 Å². The summed E-state index contributed by atoms with van der Waals surface area (Å²) in [5.74, 6) is -1.24. The molecule has 0 radical (unpaired) electrons. The average Bonchev–Trinajstić information content (AvgIpc) is 3.47. The average molecular weight is 387 g/mol. The Morgan fingerprint density at radius 3 is 2.41 bits per heavy atom. The first-order chi connectivity index (χ1) is 14.1. The highest BCUT2D eigenvalue weighted by Gasteiger charge is 2.47. The third-order valence-electron chi connectivity index (χ3n) is 5.97. The van der Waals surface area contributed by atoms with Crippen molar-refractivity contribution in [2.24, 2.45) is 0 Å². The molecule has 1 amide bonds. The Bertz CT molecular complexity index is 1090. The van der Waals surface area contributed by atoms with Gasteiger partial charge in [-0.05, 0) is 30.5 Å². The predicted molar refractivity (Wildman–Crippen MR) is 108 cm³/mol. The van der Waals surface area contributed by atoms with E-state index in [4.69, 9.17) is 4.42 Å². The number of hydrogen-bond donors (Lipinski definition) is 1. The molecule has 1 aromatic heterocycles. The maximum atomic E-state index is 13.4. The van der Waals surface area contributed by atoms with Crippen LogP contribution in [0, 0.1) is 0 Å². The molecular weight excluding hydrogens is 366 g/mol. The number of amides is 1. The Labute approximate surface area is 168 Å². The van der Waals surface area contributed by atoms with E-state index in [0.717, 1.165) is 36.6 Å². The van der Waals surface area contributed by atoms with Crippen molar-refractivity contribution in [3.8, 4) is 0 Å². The number of rotatable bonds is 4. The van der Waals surface area contributed by atoms with Crippen LogP contribution in [0.5, 0.6) is 0 Å². The van der Waals surface area contributed by atoms with Crippen LogP contribution < -0.4 is 0 Å². The Morgan fingerprint density at radius 2 is 1.69 bits per heavy atom. The monoisotopic (exact) mass is 387 g/mol. The van der Waals surface area contributed by atoms with Gasteiger partial charge in [0.05, 0.1) is 11.6 Å². The number of fused-ring (bicyclic) bond motifs is 1. The predicted octanol–water partition coefficient (Wildman–Crippen LogP) is 4.95. The van der Waals surface area contributed by atoms with Crippen LogP contribution in [0.2, 0.25) is 0 Å². The zero-order chi connectivity index (χ0) is 20.0. The Morgan fingerprint density at radius 1 is 1.00 bits per heavy atom. The molecule has 1 aliphatic carbocycles. The number of aliphatic hydroxyl groups excluding tert-OH is 1. The van der Waals surface area contributed by atoms with Gasteiger partial charge >= 0.3 is 0 Å². The van der Waals surface area contributed by atoms with Crippen LogP contribution >= 0.6 is 0 Å². The molecule has 1 saturated carbocycles. The summed E-state index contributed by atoms with van der Waals surface area (Å²) in [5.41, 5.74) is 1.52. The van der Waals surface area contributed by atoms with Crippen molar-refractivity contribution in [3.63, 3.8) is 0 Å². The molecule has 1 aliphatic heterocycles. The first-order valence-electron chi connectivity index (χ1n) is 9.99. The minimum Gasteiger partial charge on any atom is -0.503 e. The van der Waals surface area contributed by atoms with Crippen molar-refractivity contribution in [2.75, 3.05) is 0 Å². The first kappa shape index (κ1) is 17.7. The van der Waals surface area contributed by atoms with Gasteiger partial charge in [0.15, 0.2) is 11.5 Å². The van der Waals surface area contributed by atoms with Crippen LogP contribution in [0.15, 0.2) is 76.4 Å². The molecule has 5 heteroatoms. The minimum atomic E-state index is -0.604. The number of ketones is 1. The summed E-state index contributed by atoms with van der Waals surface area (Å²) in [5, 5.41) is 11.6. The number of aliphatic hydroxyl groups is 1. The molecule has 2 heterocycles. The number of nitrogens with zero attached hydrogens (tertiary/aromatic N) is 1. The fraction of sp³-hybridized carbons (Fsp3) is 0.250. The van der Waals surface area contributed by atoms with Gasteiger partial charge in [0, 0.05) is 11.4 Å². The van der Waals surface area contributed by atoms with Crippen LogP contribution in [-0.4, -0.2) is 27.7 Å². The molecular formula is C24H21NO4. The molecule has 2 aromatic carbocycles. The molecule has 29 heavy (non-hydrogen) atoms. The second-order valence-electron chi connectivity index (χ2n) is 7.70. The van der Waals surface area contributed by atoms with Crippen LogP contribution in [0.3, 0.4) is 0 Å². The summed E-state index contributed by atoms with van der Waals surface area (Å²) in [6.07, 6.45) is 3.86. The van der Waals surface area contributed by atoms with E-state index < -0.39 is 23.5 Å². The van der Waals surface area contributed by atoms with Crippen LogP contribution in [0.1, 0.15) is 47.8 Å². The number of carbonyl (C=O) groups is 2. The van der Waals surface area contributed by atoms with E-state index in [9.17, 15) is 14.7 Å². The van der Waals surface area contributed by atoms with Crippen molar-refractivity contribution in [3.05, 3.63) is 83.3 Å². The van der Waals surface area contributed by atoms with Crippen molar-refractivity contribution in [2.45, 2.75) is 37.8 Å². The normalized spacial score (nSPS) is 20.2. The van der Waals surface area contributed by atoms with Gasteiger partial charge in [-0.2, -0.15) is 0 Å². The van der Waals surface area contributed by atoms with E-state index in [1.165, 1.54) is 0 Å². The molecule has 1 fully saturated rings.